The van der Waals surface area contributed by atoms with Crippen molar-refractivity contribution in [1.82, 2.24) is 20.9 Å². The van der Waals surface area contributed by atoms with Crippen LogP contribution in [0.1, 0.15) is 33.6 Å². The van der Waals surface area contributed by atoms with Crippen LogP contribution in [0.15, 0.2) is 75.3 Å². The Morgan fingerprint density at radius 3 is 3.00 bits per heavy atom. The van der Waals surface area contributed by atoms with Crippen LogP contribution in [0.2, 0.25) is 0 Å². The summed E-state index contributed by atoms with van der Waals surface area (Å²) in [5.41, 5.74) is 5.47. The van der Waals surface area contributed by atoms with Gasteiger partial charge in [0.15, 0.2) is 0 Å². The van der Waals surface area contributed by atoms with Gasteiger partial charge >= 0.3 is 0 Å². The fraction of sp³-hybridized carbons (Fsp3) is 0.458. The zero-order valence-electron chi connectivity index (χ0n) is 18.3. The first kappa shape index (κ1) is 22.4. The van der Waals surface area contributed by atoms with Gasteiger partial charge in [-0.05, 0) is 44.1 Å². The van der Waals surface area contributed by atoms with E-state index in [0.717, 1.165) is 66.6 Å². The molecule has 0 spiro atoms. The van der Waals surface area contributed by atoms with E-state index in [0.29, 0.717) is 12.6 Å². The van der Waals surface area contributed by atoms with E-state index in [-0.39, 0.29) is 0 Å². The Morgan fingerprint density at radius 1 is 1.37 bits per heavy atom. The zero-order chi connectivity index (χ0) is 21.3. The van der Waals surface area contributed by atoms with Gasteiger partial charge in [0.1, 0.15) is 0 Å². The monoisotopic (exact) mass is 427 g/mol. The maximum Gasteiger partial charge on any atom is 0.0737 e. The van der Waals surface area contributed by atoms with Crippen molar-refractivity contribution in [3.05, 3.63) is 70.4 Å². The molecule has 162 valence electrons. The molecule has 0 radical (unpaired) electrons. The van der Waals surface area contributed by atoms with Gasteiger partial charge in [-0.3, -0.25) is 4.99 Å². The number of piperazine rings is 1. The number of nitrogens with one attached hydrogen (secondary N) is 3. The molecule has 1 saturated heterocycles. The molecule has 0 aromatic carbocycles. The van der Waals surface area contributed by atoms with Crippen LogP contribution in [0.4, 0.5) is 0 Å². The van der Waals surface area contributed by atoms with Crippen molar-refractivity contribution in [2.75, 3.05) is 32.7 Å². The maximum absolute atomic E-state index is 6.64. The van der Waals surface area contributed by atoms with Crippen LogP contribution in [0.5, 0.6) is 0 Å². The van der Waals surface area contributed by atoms with Crippen molar-refractivity contribution < 1.29 is 0 Å². The van der Waals surface area contributed by atoms with Gasteiger partial charge in [0, 0.05) is 61.8 Å². The zero-order valence-corrected chi connectivity index (χ0v) is 19.1. The first-order chi connectivity index (χ1) is 14.6. The Bertz CT molecular complexity index is 829. The van der Waals surface area contributed by atoms with Crippen LogP contribution in [0.3, 0.4) is 0 Å². The highest BCUT2D eigenvalue weighted by molar-refractivity contribution is 6.38. The van der Waals surface area contributed by atoms with Crippen LogP contribution in [0, 0.1) is 0 Å². The van der Waals surface area contributed by atoms with E-state index in [2.05, 4.69) is 70.2 Å². The van der Waals surface area contributed by atoms with Crippen molar-refractivity contribution in [3.8, 4) is 0 Å². The van der Waals surface area contributed by atoms with Crippen molar-refractivity contribution in [1.29, 1.82) is 0 Å². The molecule has 30 heavy (non-hydrogen) atoms. The molecular formula is C24H34ClN5. The SMILES string of the molecule is C\C=C/N=C1\C=C(CNC2=CNCC=C2N2CCNCC2C)C=C(Cl)\C1=C/CCC. The summed E-state index contributed by atoms with van der Waals surface area (Å²) in [6.07, 6.45) is 16.6. The van der Waals surface area contributed by atoms with Gasteiger partial charge in [-0.2, -0.15) is 0 Å². The lowest BCUT2D eigenvalue weighted by Crippen LogP contribution is -2.50. The lowest BCUT2D eigenvalue weighted by atomic mass is 9.98. The van der Waals surface area contributed by atoms with Gasteiger partial charge in [-0.1, -0.05) is 37.1 Å². The third-order valence-corrected chi connectivity index (χ3v) is 5.71. The average Bonchev–Trinajstić information content (AvgIpc) is 2.76. The summed E-state index contributed by atoms with van der Waals surface area (Å²) in [6.45, 7) is 11.0. The predicted molar refractivity (Wildman–Crippen MR) is 128 cm³/mol. The molecule has 1 atom stereocenters. The fourth-order valence-electron chi connectivity index (χ4n) is 3.82. The number of hydrogen-bond donors (Lipinski definition) is 3. The highest BCUT2D eigenvalue weighted by atomic mass is 35.5. The number of allylic oxidation sites excluding steroid dienone is 5. The minimum atomic E-state index is 0.474. The number of aliphatic imine (C=N–C) groups is 1. The first-order valence-electron chi connectivity index (χ1n) is 11.0. The Labute approximate surface area is 186 Å². The van der Waals surface area contributed by atoms with Crippen molar-refractivity contribution >= 4 is 17.3 Å². The van der Waals surface area contributed by atoms with E-state index in [4.69, 9.17) is 11.6 Å². The molecule has 2 heterocycles. The summed E-state index contributed by atoms with van der Waals surface area (Å²) in [7, 11) is 0. The summed E-state index contributed by atoms with van der Waals surface area (Å²) in [6, 6.07) is 0.474. The Kier molecular flexibility index (Phi) is 8.40. The van der Waals surface area contributed by atoms with E-state index >= 15 is 0 Å². The van der Waals surface area contributed by atoms with E-state index in [9.17, 15) is 0 Å². The average molecular weight is 428 g/mol. The second kappa shape index (κ2) is 11.2. The van der Waals surface area contributed by atoms with Crippen LogP contribution in [-0.4, -0.2) is 49.4 Å². The quantitative estimate of drug-likeness (QED) is 0.575. The molecule has 6 heteroatoms. The minimum absolute atomic E-state index is 0.474. The largest absolute Gasteiger partial charge is 0.386 e. The standard InChI is InChI=1S/C24H34ClN5/c1-4-6-7-20-21(25)13-19(14-22(20)28-9-5-2)16-29-23-17-26-10-8-24(23)30-12-11-27-15-18(30)3/h5,7-9,13-14,17-18,26-27,29H,4,6,10-12,15-16H2,1-3H3/b9-5-,20-7+,28-22+. The molecule has 3 N–H and O–H groups in total. The molecule has 5 nitrogen and oxygen atoms in total. The Balaban J connectivity index is 1.74. The lowest BCUT2D eigenvalue weighted by Gasteiger charge is -2.39. The third-order valence-electron chi connectivity index (χ3n) is 5.40. The smallest absolute Gasteiger partial charge is 0.0737 e. The molecule has 1 aliphatic carbocycles. The molecular weight excluding hydrogens is 394 g/mol. The molecule has 0 amide bonds. The van der Waals surface area contributed by atoms with E-state index < -0.39 is 0 Å². The third kappa shape index (κ3) is 5.67. The second-order valence-corrected chi connectivity index (χ2v) is 8.18. The van der Waals surface area contributed by atoms with Crippen molar-refractivity contribution in [3.63, 3.8) is 0 Å². The molecule has 3 rings (SSSR count). The normalized spacial score (nSPS) is 25.1. The summed E-state index contributed by atoms with van der Waals surface area (Å²) >= 11 is 6.64. The highest BCUT2D eigenvalue weighted by Crippen LogP contribution is 2.26. The van der Waals surface area contributed by atoms with Crippen LogP contribution in [-0.2, 0) is 0 Å². The van der Waals surface area contributed by atoms with E-state index in [1.165, 1.54) is 5.70 Å². The van der Waals surface area contributed by atoms with Gasteiger partial charge in [0.2, 0.25) is 0 Å². The Hall–Kier alpha value is -2.24. The molecule has 1 unspecified atom stereocenters. The molecule has 3 aliphatic rings. The van der Waals surface area contributed by atoms with Crippen molar-refractivity contribution in [2.24, 2.45) is 4.99 Å². The fourth-order valence-corrected chi connectivity index (χ4v) is 4.14. The first-order valence-corrected chi connectivity index (χ1v) is 11.3. The number of unbranched alkanes of at least 4 members (excludes halogenated alkanes) is 1. The van der Waals surface area contributed by atoms with Crippen molar-refractivity contribution in [2.45, 2.75) is 39.7 Å². The van der Waals surface area contributed by atoms with Gasteiger partial charge < -0.3 is 20.9 Å². The molecule has 0 aromatic rings. The van der Waals surface area contributed by atoms with Gasteiger partial charge in [-0.15, -0.1) is 0 Å². The second-order valence-electron chi connectivity index (χ2n) is 7.77. The lowest BCUT2D eigenvalue weighted by molar-refractivity contribution is 0.224. The topological polar surface area (TPSA) is 51.7 Å². The van der Waals surface area contributed by atoms with Gasteiger partial charge in [-0.25, -0.2) is 0 Å². The maximum atomic E-state index is 6.64. The number of halogens is 1. The number of nitrogens with zero attached hydrogens (tertiary/aromatic N) is 2. The summed E-state index contributed by atoms with van der Waals surface area (Å²) in [5.74, 6) is 0. The summed E-state index contributed by atoms with van der Waals surface area (Å²) in [4.78, 5) is 7.10. The van der Waals surface area contributed by atoms with Crippen LogP contribution in [0.25, 0.3) is 0 Å². The molecule has 0 bridgehead atoms. The number of hydrogen-bond acceptors (Lipinski definition) is 5. The molecule has 2 aliphatic heterocycles. The highest BCUT2D eigenvalue weighted by Gasteiger charge is 2.24. The Morgan fingerprint density at radius 2 is 2.23 bits per heavy atom. The number of rotatable bonds is 7. The van der Waals surface area contributed by atoms with Crippen LogP contribution >= 0.6 is 11.6 Å². The van der Waals surface area contributed by atoms with Gasteiger partial charge in [0.05, 0.1) is 17.1 Å². The van der Waals surface area contributed by atoms with E-state index in [1.54, 1.807) is 0 Å². The summed E-state index contributed by atoms with van der Waals surface area (Å²) in [5, 5.41) is 11.2. The molecule has 1 fully saturated rings. The summed E-state index contributed by atoms with van der Waals surface area (Å²) < 4.78 is 0. The molecule has 0 aromatic heterocycles. The minimum Gasteiger partial charge on any atom is -0.386 e. The van der Waals surface area contributed by atoms with Gasteiger partial charge in [0.25, 0.3) is 0 Å². The number of dihydropyridines is 1. The van der Waals surface area contributed by atoms with E-state index in [1.807, 2.05) is 19.2 Å². The predicted octanol–water partition coefficient (Wildman–Crippen LogP) is 3.96. The van der Waals surface area contributed by atoms with Crippen LogP contribution < -0.4 is 16.0 Å². The molecule has 0 saturated carbocycles.